The number of thioether (sulfide) groups is 1. The third-order valence-electron chi connectivity index (χ3n) is 2.14. The van der Waals surface area contributed by atoms with Crippen molar-refractivity contribution in [2.45, 2.75) is 11.6 Å². The molecule has 0 N–H and O–H groups in total. The molecule has 0 bridgehead atoms. The van der Waals surface area contributed by atoms with Crippen molar-refractivity contribution in [1.29, 1.82) is 0 Å². The van der Waals surface area contributed by atoms with Gasteiger partial charge in [-0.2, -0.15) is 5.10 Å². The van der Waals surface area contributed by atoms with Gasteiger partial charge in [-0.25, -0.2) is 0 Å². The zero-order valence-corrected chi connectivity index (χ0v) is 7.34. The molecule has 0 spiro atoms. The highest BCUT2D eigenvalue weighted by Crippen LogP contribution is 2.32. The van der Waals surface area contributed by atoms with Gasteiger partial charge in [-0.1, -0.05) is 18.2 Å². The third-order valence-corrected chi connectivity index (χ3v) is 3.23. The van der Waals surface area contributed by atoms with Gasteiger partial charge in [0.15, 0.2) is 0 Å². The summed E-state index contributed by atoms with van der Waals surface area (Å²) in [6.07, 6.45) is 0. The fourth-order valence-electron chi connectivity index (χ4n) is 1.59. The highest BCUT2D eigenvalue weighted by atomic mass is 32.2. The molecule has 0 unspecified atom stereocenters. The van der Waals surface area contributed by atoms with E-state index in [-0.39, 0.29) is 0 Å². The number of hydrogen-bond acceptors (Lipinski definition) is 2. The molecule has 0 amide bonds. The van der Waals surface area contributed by atoms with Crippen LogP contribution in [0.25, 0.3) is 10.9 Å². The molecule has 0 saturated carbocycles. The molecule has 12 heavy (non-hydrogen) atoms. The predicted octanol–water partition coefficient (Wildman–Crippen LogP) is 2.14. The monoisotopic (exact) mass is 176 g/mol. The predicted molar refractivity (Wildman–Crippen MR) is 50.5 cm³/mol. The van der Waals surface area contributed by atoms with Crippen molar-refractivity contribution >= 4 is 22.7 Å². The highest BCUT2D eigenvalue weighted by Gasteiger charge is 2.15. The molecule has 1 aromatic heterocycles. The number of rotatable bonds is 0. The van der Waals surface area contributed by atoms with Gasteiger partial charge in [-0.15, -0.1) is 11.8 Å². The molecular formula is C9H8N2S. The van der Waals surface area contributed by atoms with Gasteiger partial charge in [-0.3, -0.25) is 4.68 Å². The maximum absolute atomic E-state index is 4.49. The number of benzene rings is 1. The molecule has 1 aromatic carbocycles. The van der Waals surface area contributed by atoms with E-state index in [1.165, 1.54) is 16.2 Å². The molecule has 3 heteroatoms. The molecule has 2 nitrogen and oxygen atoms in total. The third kappa shape index (κ3) is 0.743. The molecule has 0 atom stereocenters. The van der Waals surface area contributed by atoms with Gasteiger partial charge in [0.25, 0.3) is 0 Å². The molecular weight excluding hydrogens is 168 g/mol. The number of hydrogen-bond donors (Lipinski definition) is 0. The summed E-state index contributed by atoms with van der Waals surface area (Å²) in [6.45, 7) is 1.06. The van der Waals surface area contributed by atoms with Crippen LogP contribution in [0.15, 0.2) is 29.3 Å². The van der Waals surface area contributed by atoms with Crippen molar-refractivity contribution in [3.8, 4) is 0 Å². The Morgan fingerprint density at radius 3 is 3.25 bits per heavy atom. The second-order valence-corrected chi connectivity index (χ2v) is 3.98. The molecule has 1 aliphatic rings. The van der Waals surface area contributed by atoms with E-state index < -0.39 is 0 Å². The maximum Gasteiger partial charge on any atom is 0.102 e. The molecule has 0 aliphatic carbocycles. The summed E-state index contributed by atoms with van der Waals surface area (Å²) in [6, 6.07) is 8.33. The summed E-state index contributed by atoms with van der Waals surface area (Å²) in [7, 11) is 0. The van der Waals surface area contributed by atoms with Crippen LogP contribution in [0.4, 0.5) is 0 Å². The van der Waals surface area contributed by atoms with E-state index in [2.05, 4.69) is 28.0 Å². The summed E-state index contributed by atoms with van der Waals surface area (Å²) in [5, 5.41) is 7.13. The summed E-state index contributed by atoms with van der Waals surface area (Å²) >= 11 is 1.90. The van der Waals surface area contributed by atoms with Gasteiger partial charge in [0.2, 0.25) is 0 Å². The maximum atomic E-state index is 4.49. The van der Waals surface area contributed by atoms with Crippen molar-refractivity contribution in [3.63, 3.8) is 0 Å². The van der Waals surface area contributed by atoms with Crippen molar-refractivity contribution in [2.75, 3.05) is 5.75 Å². The quantitative estimate of drug-likeness (QED) is 0.612. The molecule has 0 radical (unpaired) electrons. The summed E-state index contributed by atoms with van der Waals surface area (Å²) in [5.41, 5.74) is 1.12. The van der Waals surface area contributed by atoms with E-state index in [1.54, 1.807) is 0 Å². The molecule has 2 heterocycles. The Morgan fingerprint density at radius 2 is 2.25 bits per heavy atom. The lowest BCUT2D eigenvalue weighted by Crippen LogP contribution is -1.94. The van der Waals surface area contributed by atoms with Crippen LogP contribution in [-0.4, -0.2) is 15.5 Å². The number of aromatic nitrogens is 2. The standard InChI is InChI=1S/C9H8N2S/c1-2-4-8-7(3-1)9-11(10-8)5-6-12-9/h1-4H,5-6H2. The molecule has 1 aliphatic heterocycles. The van der Waals surface area contributed by atoms with Gasteiger partial charge < -0.3 is 0 Å². The summed E-state index contributed by atoms with van der Waals surface area (Å²) in [5.74, 6) is 1.17. The number of fused-ring (bicyclic) bond motifs is 3. The second-order valence-electron chi connectivity index (χ2n) is 2.89. The van der Waals surface area contributed by atoms with Crippen molar-refractivity contribution in [1.82, 2.24) is 9.78 Å². The minimum absolute atomic E-state index is 1.06. The molecule has 0 fully saturated rings. The van der Waals surface area contributed by atoms with Crippen LogP contribution >= 0.6 is 11.8 Å². The van der Waals surface area contributed by atoms with Gasteiger partial charge in [-0.05, 0) is 6.07 Å². The molecule has 0 saturated heterocycles. The first-order valence-electron chi connectivity index (χ1n) is 4.03. The smallest absolute Gasteiger partial charge is 0.102 e. The summed E-state index contributed by atoms with van der Waals surface area (Å²) in [4.78, 5) is 0. The normalized spacial score (nSPS) is 15.3. The van der Waals surface area contributed by atoms with Crippen molar-refractivity contribution in [3.05, 3.63) is 24.3 Å². The largest absolute Gasteiger partial charge is 0.257 e. The van der Waals surface area contributed by atoms with Crippen LogP contribution in [-0.2, 0) is 6.54 Å². The van der Waals surface area contributed by atoms with E-state index in [0.717, 1.165) is 12.1 Å². The van der Waals surface area contributed by atoms with Crippen LogP contribution < -0.4 is 0 Å². The lowest BCUT2D eigenvalue weighted by atomic mass is 10.3. The van der Waals surface area contributed by atoms with Crippen LogP contribution in [0, 0.1) is 0 Å². The fourth-order valence-corrected chi connectivity index (χ4v) is 2.66. The Balaban J connectivity index is 2.44. The molecule has 2 aromatic rings. The minimum atomic E-state index is 1.06. The average molecular weight is 176 g/mol. The zero-order chi connectivity index (χ0) is 7.97. The van der Waals surface area contributed by atoms with Crippen molar-refractivity contribution in [2.24, 2.45) is 0 Å². The second kappa shape index (κ2) is 2.26. The van der Waals surface area contributed by atoms with Crippen LogP contribution in [0.1, 0.15) is 0 Å². The lowest BCUT2D eigenvalue weighted by Gasteiger charge is -1.88. The van der Waals surface area contributed by atoms with Crippen LogP contribution in [0.5, 0.6) is 0 Å². The number of nitrogens with zero attached hydrogens (tertiary/aromatic N) is 2. The van der Waals surface area contributed by atoms with Gasteiger partial charge in [0.05, 0.1) is 12.1 Å². The Labute approximate surface area is 74.6 Å². The van der Waals surface area contributed by atoms with Crippen LogP contribution in [0.2, 0.25) is 0 Å². The Kier molecular flexibility index (Phi) is 1.23. The number of aryl methyl sites for hydroxylation is 1. The zero-order valence-electron chi connectivity index (χ0n) is 6.53. The van der Waals surface area contributed by atoms with E-state index in [1.807, 2.05) is 17.8 Å². The van der Waals surface area contributed by atoms with Gasteiger partial charge in [0, 0.05) is 11.1 Å². The molecule has 3 rings (SSSR count). The molecule has 60 valence electrons. The van der Waals surface area contributed by atoms with E-state index >= 15 is 0 Å². The lowest BCUT2D eigenvalue weighted by molar-refractivity contribution is 0.642. The highest BCUT2D eigenvalue weighted by molar-refractivity contribution is 7.99. The summed E-state index contributed by atoms with van der Waals surface area (Å²) < 4.78 is 2.11. The van der Waals surface area contributed by atoms with E-state index in [4.69, 9.17) is 0 Å². The Morgan fingerprint density at radius 1 is 1.33 bits per heavy atom. The Bertz CT molecular complexity index is 433. The van der Waals surface area contributed by atoms with Crippen molar-refractivity contribution < 1.29 is 0 Å². The van der Waals surface area contributed by atoms with E-state index in [0.29, 0.717) is 0 Å². The van der Waals surface area contributed by atoms with Crippen LogP contribution in [0.3, 0.4) is 0 Å². The first-order valence-corrected chi connectivity index (χ1v) is 5.02. The van der Waals surface area contributed by atoms with E-state index in [9.17, 15) is 0 Å². The topological polar surface area (TPSA) is 17.8 Å². The first-order chi connectivity index (χ1) is 5.95. The van der Waals surface area contributed by atoms with Gasteiger partial charge in [0.1, 0.15) is 5.03 Å². The van der Waals surface area contributed by atoms with Gasteiger partial charge >= 0.3 is 0 Å². The average Bonchev–Trinajstić information content (AvgIpc) is 2.62. The first kappa shape index (κ1) is 6.54. The SMILES string of the molecule is c1ccc2c3n(nc2c1)CCS3. The Hall–Kier alpha value is -0.960. The fraction of sp³-hybridized carbons (Fsp3) is 0.222. The minimum Gasteiger partial charge on any atom is -0.257 e.